The van der Waals surface area contributed by atoms with E-state index in [1.165, 1.54) is 55.3 Å². The Balaban J connectivity index is 1.88. The Morgan fingerprint density at radius 2 is 2.15 bits per heavy atom. The van der Waals surface area contributed by atoms with Crippen molar-refractivity contribution in [2.24, 2.45) is 0 Å². The third kappa shape index (κ3) is 6.09. The molecular formula is C19H24N2O5S. The van der Waals surface area contributed by atoms with Crippen LogP contribution >= 0.6 is 11.8 Å². The number of nitro groups is 1. The Hall–Kier alpha value is -2.35. The molecule has 7 nitrogen and oxygen atoms in total. The van der Waals surface area contributed by atoms with Gasteiger partial charge in [0.2, 0.25) is 0 Å². The minimum Gasteiger partial charge on any atom is -0.449 e. The average Bonchev–Trinajstić information content (AvgIpc) is 2.67. The molecule has 1 N–H and O–H groups in total. The molecule has 0 aliphatic heterocycles. The highest BCUT2D eigenvalue weighted by atomic mass is 32.2. The van der Waals surface area contributed by atoms with Crippen molar-refractivity contribution in [2.45, 2.75) is 50.0 Å². The first-order chi connectivity index (χ1) is 12.9. The van der Waals surface area contributed by atoms with Crippen LogP contribution in [0.3, 0.4) is 0 Å². The number of ether oxygens (including phenoxy) is 1. The molecule has 0 spiro atoms. The minimum absolute atomic E-state index is 0.0477. The molecule has 0 radical (unpaired) electrons. The smallest absolute Gasteiger partial charge is 0.339 e. The van der Waals surface area contributed by atoms with E-state index in [-0.39, 0.29) is 17.2 Å². The monoisotopic (exact) mass is 392 g/mol. The lowest BCUT2D eigenvalue weighted by atomic mass is 9.97. The van der Waals surface area contributed by atoms with Gasteiger partial charge in [-0.3, -0.25) is 14.9 Å². The van der Waals surface area contributed by atoms with E-state index in [1.807, 2.05) is 0 Å². The number of esters is 1. The number of hydrogen-bond donors (Lipinski definition) is 1. The van der Waals surface area contributed by atoms with Crippen LogP contribution in [0.2, 0.25) is 0 Å². The maximum absolute atomic E-state index is 12.2. The van der Waals surface area contributed by atoms with Crippen molar-refractivity contribution in [2.75, 3.05) is 12.8 Å². The second-order valence-electron chi connectivity index (χ2n) is 6.34. The van der Waals surface area contributed by atoms with Crippen LogP contribution in [0.25, 0.3) is 0 Å². The van der Waals surface area contributed by atoms with Crippen molar-refractivity contribution in [3.63, 3.8) is 0 Å². The van der Waals surface area contributed by atoms with Gasteiger partial charge in [-0.15, -0.1) is 11.8 Å². The fourth-order valence-electron chi connectivity index (χ4n) is 2.86. The van der Waals surface area contributed by atoms with Crippen LogP contribution in [0, 0.1) is 10.1 Å². The Morgan fingerprint density at radius 3 is 2.78 bits per heavy atom. The number of allylic oxidation sites excluding steroid dienone is 1. The Bertz CT molecular complexity index is 748. The van der Waals surface area contributed by atoms with Gasteiger partial charge >= 0.3 is 5.97 Å². The third-order valence-corrected chi connectivity index (χ3v) is 5.18. The zero-order valence-corrected chi connectivity index (χ0v) is 16.3. The van der Waals surface area contributed by atoms with Gasteiger partial charge in [-0.2, -0.15) is 0 Å². The van der Waals surface area contributed by atoms with E-state index in [0.29, 0.717) is 11.4 Å². The number of hydrogen-bond acceptors (Lipinski definition) is 6. The summed E-state index contributed by atoms with van der Waals surface area (Å²) in [6.07, 6.45) is 8.35. The summed E-state index contributed by atoms with van der Waals surface area (Å²) in [6, 6.07) is 4.14. The summed E-state index contributed by atoms with van der Waals surface area (Å²) in [5.41, 5.74) is 1.24. The number of rotatable bonds is 8. The van der Waals surface area contributed by atoms with E-state index >= 15 is 0 Å². The van der Waals surface area contributed by atoms with E-state index < -0.39 is 17.0 Å². The first-order valence-corrected chi connectivity index (χ1v) is 10.1. The van der Waals surface area contributed by atoms with Crippen LogP contribution in [-0.4, -0.2) is 35.7 Å². The molecule has 0 saturated carbocycles. The van der Waals surface area contributed by atoms with Gasteiger partial charge in [0.1, 0.15) is 0 Å². The van der Waals surface area contributed by atoms with Gasteiger partial charge < -0.3 is 10.1 Å². The lowest BCUT2D eigenvalue weighted by molar-refractivity contribution is -0.387. The van der Waals surface area contributed by atoms with Gasteiger partial charge in [-0.05, 0) is 57.4 Å². The topological polar surface area (TPSA) is 98.5 Å². The second-order valence-corrected chi connectivity index (χ2v) is 7.19. The molecule has 0 bridgehead atoms. The number of nitrogens with one attached hydrogen (secondary N) is 1. The van der Waals surface area contributed by atoms with Gasteiger partial charge in [-0.25, -0.2) is 4.79 Å². The van der Waals surface area contributed by atoms with Gasteiger partial charge in [0.05, 0.1) is 15.4 Å². The fraction of sp³-hybridized carbons (Fsp3) is 0.474. The first kappa shape index (κ1) is 21.0. The van der Waals surface area contributed by atoms with Crippen molar-refractivity contribution >= 4 is 29.3 Å². The van der Waals surface area contributed by atoms with E-state index in [9.17, 15) is 19.7 Å². The van der Waals surface area contributed by atoms with E-state index in [1.54, 1.807) is 6.26 Å². The Morgan fingerprint density at radius 1 is 1.37 bits per heavy atom. The molecule has 1 atom stereocenters. The highest BCUT2D eigenvalue weighted by Gasteiger charge is 2.22. The normalized spacial score (nSPS) is 14.8. The number of thioether (sulfide) groups is 1. The summed E-state index contributed by atoms with van der Waals surface area (Å²) in [6.45, 7) is 1.98. The molecule has 1 aromatic carbocycles. The maximum atomic E-state index is 12.2. The number of amides is 1. The van der Waals surface area contributed by atoms with E-state index in [4.69, 9.17) is 4.74 Å². The summed E-state index contributed by atoms with van der Waals surface area (Å²) >= 11 is 1.22. The summed E-state index contributed by atoms with van der Waals surface area (Å²) in [4.78, 5) is 35.3. The predicted octanol–water partition coefficient (Wildman–Crippen LogP) is 3.87. The number of benzene rings is 1. The van der Waals surface area contributed by atoms with Crippen LogP contribution in [0.1, 0.15) is 49.4 Å². The quantitative estimate of drug-likeness (QED) is 0.237. The highest BCUT2D eigenvalue weighted by Crippen LogP contribution is 2.28. The molecule has 146 valence electrons. The average molecular weight is 392 g/mol. The molecule has 1 aliphatic carbocycles. The largest absolute Gasteiger partial charge is 0.449 e. The summed E-state index contributed by atoms with van der Waals surface area (Å²) in [7, 11) is 0. The molecule has 1 aromatic rings. The van der Waals surface area contributed by atoms with Crippen molar-refractivity contribution in [3.05, 3.63) is 45.5 Å². The van der Waals surface area contributed by atoms with Gasteiger partial charge in [-0.1, -0.05) is 11.6 Å². The zero-order chi connectivity index (χ0) is 19.8. The Kier molecular flexibility index (Phi) is 7.84. The number of nitrogens with zero attached hydrogens (tertiary/aromatic N) is 1. The summed E-state index contributed by atoms with van der Waals surface area (Å²) < 4.78 is 5.15. The predicted molar refractivity (Wildman–Crippen MR) is 104 cm³/mol. The highest BCUT2D eigenvalue weighted by molar-refractivity contribution is 7.98. The molecule has 1 aliphatic rings. The van der Waals surface area contributed by atoms with Crippen molar-refractivity contribution < 1.29 is 19.2 Å². The maximum Gasteiger partial charge on any atom is 0.339 e. The second kappa shape index (κ2) is 10.1. The summed E-state index contributed by atoms with van der Waals surface area (Å²) in [5.74, 6) is -1.14. The van der Waals surface area contributed by atoms with Crippen LogP contribution < -0.4 is 5.32 Å². The fourth-order valence-corrected chi connectivity index (χ4v) is 3.41. The number of nitro benzene ring substituents is 1. The van der Waals surface area contributed by atoms with Gasteiger partial charge in [0, 0.05) is 12.6 Å². The first-order valence-electron chi connectivity index (χ1n) is 8.91. The molecule has 1 amide bonds. The van der Waals surface area contributed by atoms with Crippen molar-refractivity contribution in [3.8, 4) is 0 Å². The minimum atomic E-state index is -0.975. The molecule has 0 aromatic heterocycles. The number of carbonyl (C=O) groups is 2. The molecule has 0 saturated heterocycles. The van der Waals surface area contributed by atoms with Gasteiger partial charge in [0.15, 0.2) is 6.10 Å². The molecule has 27 heavy (non-hydrogen) atoms. The van der Waals surface area contributed by atoms with E-state index in [0.717, 1.165) is 19.3 Å². The van der Waals surface area contributed by atoms with E-state index in [2.05, 4.69) is 11.4 Å². The molecule has 2 rings (SSSR count). The molecule has 8 heteroatoms. The van der Waals surface area contributed by atoms with Crippen LogP contribution in [0.15, 0.2) is 34.7 Å². The van der Waals surface area contributed by atoms with Gasteiger partial charge in [0.25, 0.3) is 11.6 Å². The van der Waals surface area contributed by atoms with Crippen molar-refractivity contribution in [1.29, 1.82) is 0 Å². The number of carbonyl (C=O) groups excluding carboxylic acids is 2. The molecule has 0 fully saturated rings. The lowest BCUT2D eigenvalue weighted by Gasteiger charge is -2.15. The molecule has 0 unspecified atom stereocenters. The molecule has 0 heterocycles. The van der Waals surface area contributed by atoms with Crippen molar-refractivity contribution in [1.82, 2.24) is 5.32 Å². The van der Waals surface area contributed by atoms with Crippen LogP contribution in [0.5, 0.6) is 0 Å². The standard InChI is InChI=1S/C19H24N2O5S/c1-13(18(22)20-11-10-14-6-4-3-5-7-14)26-19(23)15-8-9-17(27-2)16(12-15)21(24)25/h6,8-9,12-13H,3-5,7,10-11H2,1-2H3,(H,20,22)/t13-/m1/s1. The van der Waals surface area contributed by atoms with Crippen LogP contribution in [0.4, 0.5) is 5.69 Å². The van der Waals surface area contributed by atoms with Crippen LogP contribution in [-0.2, 0) is 9.53 Å². The SMILES string of the molecule is CSc1ccc(C(=O)O[C@H](C)C(=O)NCCC2=CCCCC2)cc1[N+](=O)[O-]. The Labute approximate surface area is 162 Å². The zero-order valence-electron chi connectivity index (χ0n) is 15.5. The molecular weight excluding hydrogens is 368 g/mol. The lowest BCUT2D eigenvalue weighted by Crippen LogP contribution is -2.36. The third-order valence-electron chi connectivity index (χ3n) is 4.39. The summed E-state index contributed by atoms with van der Waals surface area (Å²) in [5, 5.41) is 13.9.